The zero-order chi connectivity index (χ0) is 10.7. The number of nitrogens with one attached hydrogen (secondary N) is 1. The van der Waals surface area contributed by atoms with Crippen LogP contribution in [0, 0.1) is 18.3 Å². The highest BCUT2D eigenvalue weighted by molar-refractivity contribution is 5.65. The van der Waals surface area contributed by atoms with Crippen molar-refractivity contribution in [1.29, 1.82) is 5.26 Å². The highest BCUT2D eigenvalue weighted by Crippen LogP contribution is 2.31. The van der Waals surface area contributed by atoms with Crippen molar-refractivity contribution < 1.29 is 10.2 Å². The highest BCUT2D eigenvalue weighted by Gasteiger charge is 2.14. The zero-order valence-electron chi connectivity index (χ0n) is 8.00. The molecule has 0 fully saturated rings. The topological polar surface area (TPSA) is 89.2 Å². The lowest BCUT2D eigenvalue weighted by molar-refractivity contribution is 0.413. The van der Waals surface area contributed by atoms with Crippen LogP contribution in [0.5, 0.6) is 11.8 Å². The maximum Gasteiger partial charge on any atom is 0.238 e. The molecule has 1 aromatic rings. The zero-order valence-corrected chi connectivity index (χ0v) is 8.00. The van der Waals surface area contributed by atoms with Gasteiger partial charge in [0.2, 0.25) is 11.8 Å². The summed E-state index contributed by atoms with van der Waals surface area (Å²) >= 11 is 0. The van der Waals surface area contributed by atoms with Crippen molar-refractivity contribution in [3.8, 4) is 17.8 Å². The van der Waals surface area contributed by atoms with Gasteiger partial charge in [0.15, 0.2) is 0 Å². The van der Waals surface area contributed by atoms with E-state index in [0.717, 1.165) is 0 Å². The molecule has 0 saturated carbocycles. The van der Waals surface area contributed by atoms with E-state index in [-0.39, 0.29) is 11.4 Å². The minimum Gasteiger partial charge on any atom is -0.492 e. The van der Waals surface area contributed by atoms with Crippen LogP contribution in [0.2, 0.25) is 0 Å². The molecule has 1 heterocycles. The van der Waals surface area contributed by atoms with Crippen LogP contribution in [0.1, 0.15) is 18.1 Å². The molecule has 74 valence electrons. The maximum atomic E-state index is 9.38. The first-order chi connectivity index (χ1) is 6.61. The van der Waals surface area contributed by atoms with Gasteiger partial charge in [0.1, 0.15) is 17.3 Å². The van der Waals surface area contributed by atoms with Gasteiger partial charge in [-0.1, -0.05) is 0 Å². The van der Waals surface area contributed by atoms with Gasteiger partial charge in [-0.3, -0.25) is 0 Å². The molecule has 0 aliphatic heterocycles. The Morgan fingerprint density at radius 2 is 2.07 bits per heavy atom. The van der Waals surface area contributed by atoms with Crippen LogP contribution in [-0.4, -0.2) is 21.7 Å². The van der Waals surface area contributed by atoms with Crippen molar-refractivity contribution >= 4 is 5.69 Å². The summed E-state index contributed by atoms with van der Waals surface area (Å²) in [5.74, 6) is -0.731. The van der Waals surface area contributed by atoms with Crippen LogP contribution < -0.4 is 5.32 Å². The van der Waals surface area contributed by atoms with E-state index in [1.807, 2.05) is 13.0 Å². The molecule has 14 heavy (non-hydrogen) atoms. The van der Waals surface area contributed by atoms with Crippen LogP contribution in [-0.2, 0) is 0 Å². The molecule has 5 heteroatoms. The fourth-order valence-electron chi connectivity index (χ4n) is 1.19. The number of hydrogen-bond acceptors (Lipinski definition) is 5. The van der Waals surface area contributed by atoms with Gasteiger partial charge in [-0.25, -0.2) is 0 Å². The second kappa shape index (κ2) is 3.83. The summed E-state index contributed by atoms with van der Waals surface area (Å²) in [7, 11) is 0. The average Bonchev–Trinajstić information content (AvgIpc) is 2.12. The Kier molecular flexibility index (Phi) is 2.77. The van der Waals surface area contributed by atoms with Crippen molar-refractivity contribution in [2.45, 2.75) is 13.8 Å². The Hall–Kier alpha value is -1.96. The van der Waals surface area contributed by atoms with E-state index in [1.165, 1.54) is 0 Å². The van der Waals surface area contributed by atoms with Gasteiger partial charge in [0.25, 0.3) is 0 Å². The average molecular weight is 193 g/mol. The smallest absolute Gasteiger partial charge is 0.238 e. The quantitative estimate of drug-likeness (QED) is 0.654. The Bertz CT molecular complexity index is 396. The molecular formula is C9H11N3O2. The first-order valence-electron chi connectivity index (χ1n) is 4.18. The number of aromatic hydroxyl groups is 2. The van der Waals surface area contributed by atoms with E-state index < -0.39 is 5.88 Å². The van der Waals surface area contributed by atoms with E-state index in [4.69, 9.17) is 5.26 Å². The maximum absolute atomic E-state index is 9.38. The SMILES string of the molecule is CCNc1c(O)nc(O)c(C#N)c1C. The fourth-order valence-corrected chi connectivity index (χ4v) is 1.19. The van der Waals surface area contributed by atoms with Gasteiger partial charge in [-0.15, -0.1) is 0 Å². The number of hydrogen-bond donors (Lipinski definition) is 3. The minimum atomic E-state index is -0.441. The van der Waals surface area contributed by atoms with Gasteiger partial charge in [-0.05, 0) is 13.8 Å². The largest absolute Gasteiger partial charge is 0.492 e. The number of anilines is 1. The Morgan fingerprint density at radius 1 is 1.43 bits per heavy atom. The predicted octanol–water partition coefficient (Wildman–Crippen LogP) is 1.10. The standard InChI is InChI=1S/C9H11N3O2/c1-3-11-7-5(2)6(4-10)8(13)12-9(7)14/h11H,3H2,1-2H3,(H2,12,13,14). The van der Waals surface area contributed by atoms with Crippen molar-refractivity contribution in [1.82, 2.24) is 4.98 Å². The third-order valence-corrected chi connectivity index (χ3v) is 1.87. The third kappa shape index (κ3) is 1.55. The van der Waals surface area contributed by atoms with Crippen LogP contribution in [0.4, 0.5) is 5.69 Å². The van der Waals surface area contributed by atoms with Crippen molar-refractivity contribution in [2.24, 2.45) is 0 Å². The van der Waals surface area contributed by atoms with E-state index in [0.29, 0.717) is 17.8 Å². The van der Waals surface area contributed by atoms with Crippen LogP contribution in [0.15, 0.2) is 0 Å². The number of nitriles is 1. The van der Waals surface area contributed by atoms with Crippen molar-refractivity contribution in [3.63, 3.8) is 0 Å². The second-order valence-corrected chi connectivity index (χ2v) is 2.78. The van der Waals surface area contributed by atoms with Gasteiger partial charge >= 0.3 is 0 Å². The molecular weight excluding hydrogens is 182 g/mol. The Balaban J connectivity index is 3.38. The number of aromatic nitrogens is 1. The summed E-state index contributed by atoms with van der Waals surface area (Å²) in [6.45, 7) is 4.10. The summed E-state index contributed by atoms with van der Waals surface area (Å²) in [4.78, 5) is 3.45. The normalized spacial score (nSPS) is 9.50. The summed E-state index contributed by atoms with van der Waals surface area (Å²) < 4.78 is 0. The van der Waals surface area contributed by atoms with Crippen LogP contribution >= 0.6 is 0 Å². The summed E-state index contributed by atoms with van der Waals surface area (Å²) in [5.41, 5.74) is 0.972. The monoisotopic (exact) mass is 193 g/mol. The molecule has 0 saturated heterocycles. The van der Waals surface area contributed by atoms with Crippen LogP contribution in [0.25, 0.3) is 0 Å². The molecule has 0 aliphatic carbocycles. The summed E-state index contributed by atoms with van der Waals surface area (Å²) in [6.07, 6.45) is 0. The van der Waals surface area contributed by atoms with Gasteiger partial charge in [0.05, 0.1) is 0 Å². The molecule has 0 radical (unpaired) electrons. The first kappa shape index (κ1) is 10.1. The lowest BCUT2D eigenvalue weighted by Crippen LogP contribution is -2.02. The third-order valence-electron chi connectivity index (χ3n) is 1.87. The number of rotatable bonds is 2. The molecule has 1 aromatic heterocycles. The predicted molar refractivity (Wildman–Crippen MR) is 51.2 cm³/mol. The van der Waals surface area contributed by atoms with Gasteiger partial charge < -0.3 is 15.5 Å². The minimum absolute atomic E-state index is 0.0822. The van der Waals surface area contributed by atoms with E-state index in [1.54, 1.807) is 6.92 Å². The molecule has 0 spiro atoms. The molecule has 0 unspecified atom stereocenters. The van der Waals surface area contributed by atoms with Gasteiger partial charge in [-0.2, -0.15) is 10.2 Å². The second-order valence-electron chi connectivity index (χ2n) is 2.78. The van der Waals surface area contributed by atoms with E-state index in [9.17, 15) is 10.2 Å². The van der Waals surface area contributed by atoms with Crippen molar-refractivity contribution in [2.75, 3.05) is 11.9 Å². The van der Waals surface area contributed by atoms with E-state index in [2.05, 4.69) is 10.3 Å². The molecule has 0 aromatic carbocycles. The summed E-state index contributed by atoms with van der Waals surface area (Å²) in [5, 5.41) is 30.2. The molecule has 0 bridgehead atoms. The van der Waals surface area contributed by atoms with Crippen molar-refractivity contribution in [3.05, 3.63) is 11.1 Å². The molecule has 0 amide bonds. The fraction of sp³-hybridized carbons (Fsp3) is 0.333. The Labute approximate surface area is 81.6 Å². The number of pyridine rings is 1. The lowest BCUT2D eigenvalue weighted by atomic mass is 10.1. The molecule has 0 atom stereocenters. The van der Waals surface area contributed by atoms with E-state index >= 15 is 0 Å². The first-order valence-corrected chi connectivity index (χ1v) is 4.18. The Morgan fingerprint density at radius 3 is 2.57 bits per heavy atom. The lowest BCUT2D eigenvalue weighted by Gasteiger charge is -2.10. The summed E-state index contributed by atoms with van der Waals surface area (Å²) in [6, 6.07) is 1.83. The van der Waals surface area contributed by atoms with Gasteiger partial charge in [0, 0.05) is 12.1 Å². The molecule has 3 N–H and O–H groups in total. The molecule has 5 nitrogen and oxygen atoms in total. The molecule has 1 rings (SSSR count). The number of nitrogens with zero attached hydrogens (tertiary/aromatic N) is 2. The molecule has 0 aliphatic rings. The highest BCUT2D eigenvalue weighted by atomic mass is 16.3. The van der Waals surface area contributed by atoms with Crippen LogP contribution in [0.3, 0.4) is 0 Å².